The number of hydrogen-bond donors (Lipinski definition) is 0. The van der Waals surface area contributed by atoms with Gasteiger partial charge in [0.05, 0.1) is 17.4 Å². The molecule has 178 valence electrons. The third kappa shape index (κ3) is 4.21. The van der Waals surface area contributed by atoms with E-state index < -0.39 is 11.7 Å². The quantitative estimate of drug-likeness (QED) is 0.449. The van der Waals surface area contributed by atoms with Gasteiger partial charge in [0.2, 0.25) is 17.6 Å². The summed E-state index contributed by atoms with van der Waals surface area (Å²) in [6.45, 7) is 3.14. The van der Waals surface area contributed by atoms with Crippen LogP contribution in [0, 0.1) is 17.8 Å². The molecule has 5 rings (SSSR count). The molecule has 2 aliphatic carbocycles. The molecule has 5 nitrogen and oxygen atoms in total. The summed E-state index contributed by atoms with van der Waals surface area (Å²) in [6.07, 6.45) is -1.41. The Hall–Kier alpha value is -3.16. The molecule has 2 bridgehead atoms. The number of rotatable bonds is 6. The average Bonchev–Trinajstić information content (AvgIpc) is 3.58. The van der Waals surface area contributed by atoms with Crippen LogP contribution >= 0.6 is 0 Å². The first-order valence-corrected chi connectivity index (χ1v) is 11.7. The maximum atomic E-state index is 13.7. The molecule has 0 radical (unpaired) electrons. The standard InChI is InChI=1S/C26H26F3N3O2/c1-2-32(15-16-6-4-3-5-7-16)25(33)22-19-9-8-18(14-19)21(22)24-30-23(31-34-24)17-10-12-20(13-11-17)26(27,28)29/h3-7,10-13,18-19,21-22H,2,8-9,14-15H2,1H3/t18-,19+,21+,22+/m1/s1. The Labute approximate surface area is 196 Å². The number of amides is 1. The minimum atomic E-state index is -4.40. The first-order valence-electron chi connectivity index (χ1n) is 11.7. The number of benzene rings is 2. The van der Waals surface area contributed by atoms with Crippen molar-refractivity contribution in [2.45, 2.75) is 44.8 Å². The lowest BCUT2D eigenvalue weighted by molar-refractivity contribution is -0.139. The second-order valence-corrected chi connectivity index (χ2v) is 9.25. The molecule has 4 atom stereocenters. The summed E-state index contributed by atoms with van der Waals surface area (Å²) in [5.41, 5.74) is 0.810. The first-order chi connectivity index (χ1) is 16.3. The molecule has 0 aliphatic heterocycles. The van der Waals surface area contributed by atoms with Gasteiger partial charge in [-0.25, -0.2) is 0 Å². The molecule has 2 saturated carbocycles. The fourth-order valence-electron chi connectivity index (χ4n) is 5.66. The van der Waals surface area contributed by atoms with Gasteiger partial charge in [0, 0.05) is 18.7 Å². The number of nitrogens with zero attached hydrogens (tertiary/aromatic N) is 3. The van der Waals surface area contributed by atoms with Crippen LogP contribution in [-0.4, -0.2) is 27.5 Å². The number of fused-ring (bicyclic) bond motifs is 2. The van der Waals surface area contributed by atoms with Crippen LogP contribution in [0.5, 0.6) is 0 Å². The van der Waals surface area contributed by atoms with Crippen LogP contribution in [-0.2, 0) is 17.5 Å². The Morgan fingerprint density at radius 3 is 2.44 bits per heavy atom. The molecule has 34 heavy (non-hydrogen) atoms. The zero-order valence-electron chi connectivity index (χ0n) is 18.8. The fraction of sp³-hybridized carbons (Fsp3) is 0.423. The molecule has 0 saturated heterocycles. The number of halogens is 3. The zero-order valence-corrected chi connectivity index (χ0v) is 18.8. The third-order valence-corrected chi connectivity index (χ3v) is 7.31. The summed E-state index contributed by atoms with van der Waals surface area (Å²) in [5, 5.41) is 4.04. The number of carbonyl (C=O) groups excluding carboxylic acids is 1. The van der Waals surface area contributed by atoms with Gasteiger partial charge in [-0.2, -0.15) is 18.2 Å². The average molecular weight is 470 g/mol. The molecular weight excluding hydrogens is 443 g/mol. The van der Waals surface area contributed by atoms with E-state index in [0.717, 1.165) is 37.0 Å². The normalized spacial score (nSPS) is 23.9. The molecule has 1 aromatic heterocycles. The van der Waals surface area contributed by atoms with Crippen molar-refractivity contribution in [1.29, 1.82) is 0 Å². The lowest BCUT2D eigenvalue weighted by atomic mass is 9.78. The maximum absolute atomic E-state index is 13.7. The van der Waals surface area contributed by atoms with Crippen LogP contribution in [0.1, 0.15) is 49.1 Å². The highest BCUT2D eigenvalue weighted by atomic mass is 19.4. The molecule has 2 fully saturated rings. The van der Waals surface area contributed by atoms with Gasteiger partial charge in [-0.1, -0.05) is 47.6 Å². The van der Waals surface area contributed by atoms with Crippen LogP contribution in [0.2, 0.25) is 0 Å². The Kier molecular flexibility index (Phi) is 5.91. The summed E-state index contributed by atoms with van der Waals surface area (Å²) < 4.78 is 44.3. The largest absolute Gasteiger partial charge is 0.416 e. The van der Waals surface area contributed by atoms with Gasteiger partial charge in [0.1, 0.15) is 0 Å². The van der Waals surface area contributed by atoms with E-state index in [1.165, 1.54) is 12.1 Å². The van der Waals surface area contributed by atoms with Gasteiger partial charge >= 0.3 is 6.18 Å². The Bertz CT molecular complexity index is 1140. The molecule has 0 unspecified atom stereocenters. The van der Waals surface area contributed by atoms with Gasteiger partial charge in [0.15, 0.2) is 0 Å². The second kappa shape index (κ2) is 8.89. The molecule has 0 N–H and O–H groups in total. The van der Waals surface area contributed by atoms with Gasteiger partial charge in [-0.05, 0) is 55.7 Å². The van der Waals surface area contributed by atoms with E-state index in [1.54, 1.807) is 0 Å². The van der Waals surface area contributed by atoms with E-state index >= 15 is 0 Å². The van der Waals surface area contributed by atoms with Crippen LogP contribution in [0.3, 0.4) is 0 Å². The molecule has 1 heterocycles. The van der Waals surface area contributed by atoms with Gasteiger partial charge in [-0.15, -0.1) is 0 Å². The molecule has 0 spiro atoms. The summed E-state index contributed by atoms with van der Waals surface area (Å²) in [7, 11) is 0. The lowest BCUT2D eigenvalue weighted by Crippen LogP contribution is -2.40. The van der Waals surface area contributed by atoms with Crippen molar-refractivity contribution in [2.75, 3.05) is 6.54 Å². The highest BCUT2D eigenvalue weighted by Gasteiger charge is 2.54. The van der Waals surface area contributed by atoms with E-state index in [0.29, 0.717) is 30.5 Å². The van der Waals surface area contributed by atoms with E-state index in [2.05, 4.69) is 10.1 Å². The molecule has 3 aromatic rings. The number of alkyl halides is 3. The van der Waals surface area contributed by atoms with Crippen molar-refractivity contribution >= 4 is 5.91 Å². The molecule has 8 heteroatoms. The van der Waals surface area contributed by atoms with E-state index in [1.807, 2.05) is 42.2 Å². The summed E-state index contributed by atoms with van der Waals surface area (Å²) in [6, 6.07) is 14.6. The highest BCUT2D eigenvalue weighted by Crippen LogP contribution is 2.57. The van der Waals surface area contributed by atoms with E-state index in [9.17, 15) is 18.0 Å². The minimum absolute atomic E-state index is 0.109. The summed E-state index contributed by atoms with van der Waals surface area (Å²) in [5.74, 6) is 0.975. The molecular formula is C26H26F3N3O2. The van der Waals surface area contributed by atoms with Crippen molar-refractivity contribution in [1.82, 2.24) is 15.0 Å². The Balaban J connectivity index is 1.38. The number of carbonyl (C=O) groups is 1. The SMILES string of the molecule is CCN(Cc1ccccc1)C(=O)[C@H]1[C@H]2CC[C@H](C2)[C@@H]1c1nc(-c2ccc(C(F)(F)F)cc2)no1. The van der Waals surface area contributed by atoms with Gasteiger partial charge in [0.25, 0.3) is 0 Å². The first kappa shape index (κ1) is 22.6. The highest BCUT2D eigenvalue weighted by molar-refractivity contribution is 5.81. The number of hydrogen-bond acceptors (Lipinski definition) is 4. The maximum Gasteiger partial charge on any atom is 0.416 e. The molecule has 2 aliphatic rings. The zero-order chi connectivity index (χ0) is 23.9. The Morgan fingerprint density at radius 2 is 1.76 bits per heavy atom. The van der Waals surface area contributed by atoms with Crippen LogP contribution in [0.4, 0.5) is 13.2 Å². The smallest absolute Gasteiger partial charge is 0.339 e. The van der Waals surface area contributed by atoms with Crippen molar-refractivity contribution in [3.05, 3.63) is 71.6 Å². The van der Waals surface area contributed by atoms with Crippen molar-refractivity contribution < 1.29 is 22.5 Å². The minimum Gasteiger partial charge on any atom is -0.339 e. The third-order valence-electron chi connectivity index (χ3n) is 7.31. The molecule has 1 amide bonds. The lowest BCUT2D eigenvalue weighted by Gasteiger charge is -2.32. The molecule has 2 aromatic carbocycles. The van der Waals surface area contributed by atoms with Crippen LogP contribution in [0.25, 0.3) is 11.4 Å². The van der Waals surface area contributed by atoms with E-state index in [-0.39, 0.29) is 29.5 Å². The van der Waals surface area contributed by atoms with Gasteiger partial charge in [-0.3, -0.25) is 4.79 Å². The number of aromatic nitrogens is 2. The summed E-state index contributed by atoms with van der Waals surface area (Å²) >= 11 is 0. The van der Waals surface area contributed by atoms with Crippen molar-refractivity contribution in [2.24, 2.45) is 17.8 Å². The Morgan fingerprint density at radius 1 is 1.06 bits per heavy atom. The van der Waals surface area contributed by atoms with Crippen LogP contribution < -0.4 is 0 Å². The van der Waals surface area contributed by atoms with Crippen molar-refractivity contribution in [3.63, 3.8) is 0 Å². The van der Waals surface area contributed by atoms with E-state index in [4.69, 9.17) is 4.52 Å². The van der Waals surface area contributed by atoms with Crippen molar-refractivity contribution in [3.8, 4) is 11.4 Å². The van der Waals surface area contributed by atoms with Crippen LogP contribution in [0.15, 0.2) is 59.1 Å². The predicted octanol–water partition coefficient (Wildman–Crippen LogP) is 5.93. The fourth-order valence-corrected chi connectivity index (χ4v) is 5.66. The summed E-state index contributed by atoms with van der Waals surface area (Å²) in [4.78, 5) is 20.1. The topological polar surface area (TPSA) is 59.2 Å². The second-order valence-electron chi connectivity index (χ2n) is 9.25. The monoisotopic (exact) mass is 469 g/mol. The van der Waals surface area contributed by atoms with Gasteiger partial charge < -0.3 is 9.42 Å². The predicted molar refractivity (Wildman–Crippen MR) is 119 cm³/mol.